The zero-order chi connectivity index (χ0) is 13.3. The Bertz CT molecular complexity index is 660. The molecule has 7 heteroatoms. The van der Waals surface area contributed by atoms with Gasteiger partial charge in [0.05, 0.1) is 11.8 Å². The molecule has 92 valence electrons. The van der Waals surface area contributed by atoms with E-state index in [0.29, 0.717) is 17.5 Å². The molecule has 2 heterocycles. The first-order valence-corrected chi connectivity index (χ1v) is 5.36. The Hall–Kier alpha value is -2.40. The Morgan fingerprint density at radius 2 is 2.22 bits per heavy atom. The van der Waals surface area contributed by atoms with E-state index in [1.165, 1.54) is 10.7 Å². The van der Waals surface area contributed by atoms with E-state index < -0.39 is 0 Å². The minimum Gasteiger partial charge on any atom is -0.298 e. The Balaban J connectivity index is 2.82. The lowest BCUT2D eigenvalue weighted by Gasteiger charge is -2.20. The fourth-order valence-electron chi connectivity index (χ4n) is 1.65. The van der Waals surface area contributed by atoms with E-state index in [1.54, 1.807) is 6.20 Å². The number of hydrogen-bond donors (Lipinski definition) is 0. The average Bonchev–Trinajstić information content (AvgIpc) is 2.69. The van der Waals surface area contributed by atoms with Gasteiger partial charge in [-0.1, -0.05) is 20.8 Å². The van der Waals surface area contributed by atoms with Crippen molar-refractivity contribution in [2.45, 2.75) is 26.2 Å². The highest BCUT2D eigenvalue weighted by atomic mass is 16.1. The predicted molar refractivity (Wildman–Crippen MR) is 65.9 cm³/mol. The number of carbonyl (C=O) groups excluding carboxylic acids is 1. The fourth-order valence-corrected chi connectivity index (χ4v) is 1.65. The molecular formula is C11H12N6O. The molecule has 0 unspecified atom stereocenters. The quantitative estimate of drug-likeness (QED) is 0.351. The molecule has 0 radical (unpaired) electrons. The number of aromatic nitrogens is 3. The molecule has 0 saturated carbocycles. The van der Waals surface area contributed by atoms with E-state index in [1.807, 2.05) is 20.8 Å². The van der Waals surface area contributed by atoms with Gasteiger partial charge in [-0.3, -0.25) is 4.79 Å². The largest absolute Gasteiger partial charge is 0.298 e. The van der Waals surface area contributed by atoms with Crippen molar-refractivity contribution in [1.29, 1.82) is 0 Å². The maximum absolute atomic E-state index is 10.8. The molecule has 7 nitrogen and oxygen atoms in total. The van der Waals surface area contributed by atoms with Gasteiger partial charge in [-0.2, -0.15) is 5.10 Å². The summed E-state index contributed by atoms with van der Waals surface area (Å²) in [5.74, 6) is 0.279. The smallest absolute Gasteiger partial charge is 0.165 e. The van der Waals surface area contributed by atoms with E-state index in [0.717, 1.165) is 5.56 Å². The molecule has 0 N–H and O–H groups in total. The molecule has 0 bridgehead atoms. The standard InChI is InChI=1S/C11H12N6O/c1-11(2,3)8-5-17-10(7(6-18)4-13-17)14-9(8)15-16-12/h4-6H,1-3H3. The van der Waals surface area contributed by atoms with Crippen molar-refractivity contribution in [3.05, 3.63) is 34.0 Å². The molecule has 0 saturated heterocycles. The lowest BCUT2D eigenvalue weighted by molar-refractivity contribution is 0.112. The minimum absolute atomic E-state index is 0.238. The highest BCUT2D eigenvalue weighted by molar-refractivity contribution is 5.84. The lowest BCUT2D eigenvalue weighted by Crippen LogP contribution is -2.13. The number of aldehydes is 1. The van der Waals surface area contributed by atoms with Crippen LogP contribution in [0.4, 0.5) is 5.82 Å². The summed E-state index contributed by atoms with van der Waals surface area (Å²) in [4.78, 5) is 17.8. The van der Waals surface area contributed by atoms with Crippen LogP contribution in [0.3, 0.4) is 0 Å². The third-order valence-corrected chi connectivity index (χ3v) is 2.57. The van der Waals surface area contributed by atoms with Gasteiger partial charge in [-0.25, -0.2) is 9.50 Å². The first-order chi connectivity index (χ1) is 8.47. The van der Waals surface area contributed by atoms with Crippen molar-refractivity contribution in [2.75, 3.05) is 0 Å². The van der Waals surface area contributed by atoms with Crippen LogP contribution in [0.15, 0.2) is 17.5 Å². The second-order valence-corrected chi connectivity index (χ2v) is 4.90. The third kappa shape index (κ3) is 1.91. The van der Waals surface area contributed by atoms with Gasteiger partial charge >= 0.3 is 0 Å². The second-order valence-electron chi connectivity index (χ2n) is 4.90. The summed E-state index contributed by atoms with van der Waals surface area (Å²) in [5.41, 5.74) is 9.87. The van der Waals surface area contributed by atoms with Gasteiger partial charge in [-0.15, -0.1) is 0 Å². The van der Waals surface area contributed by atoms with Crippen molar-refractivity contribution < 1.29 is 4.79 Å². The topological polar surface area (TPSA) is 96.0 Å². The summed E-state index contributed by atoms with van der Waals surface area (Å²) in [6.45, 7) is 5.95. The lowest BCUT2D eigenvalue weighted by atomic mass is 9.88. The molecule has 0 aliphatic rings. The van der Waals surface area contributed by atoms with Gasteiger partial charge in [0.1, 0.15) is 5.82 Å². The zero-order valence-electron chi connectivity index (χ0n) is 10.3. The number of carbonyl (C=O) groups is 1. The van der Waals surface area contributed by atoms with E-state index in [4.69, 9.17) is 5.53 Å². The zero-order valence-corrected chi connectivity index (χ0v) is 10.3. The highest BCUT2D eigenvalue weighted by Crippen LogP contribution is 2.30. The van der Waals surface area contributed by atoms with Crippen molar-refractivity contribution in [3.63, 3.8) is 0 Å². The molecule has 2 rings (SSSR count). The molecule has 2 aromatic heterocycles. The Kier molecular flexibility index (Phi) is 2.76. The monoisotopic (exact) mass is 244 g/mol. The van der Waals surface area contributed by atoms with Gasteiger partial charge < -0.3 is 0 Å². The summed E-state index contributed by atoms with van der Waals surface area (Å²) in [7, 11) is 0. The summed E-state index contributed by atoms with van der Waals surface area (Å²) >= 11 is 0. The fraction of sp³-hybridized carbons (Fsp3) is 0.364. The van der Waals surface area contributed by atoms with Crippen LogP contribution in [0.1, 0.15) is 36.7 Å². The minimum atomic E-state index is -0.238. The van der Waals surface area contributed by atoms with E-state index in [9.17, 15) is 4.79 Å². The summed E-state index contributed by atoms with van der Waals surface area (Å²) in [5, 5.41) is 7.64. The highest BCUT2D eigenvalue weighted by Gasteiger charge is 2.20. The third-order valence-electron chi connectivity index (χ3n) is 2.57. The molecule has 0 amide bonds. The maximum Gasteiger partial charge on any atom is 0.165 e. The number of nitrogens with zero attached hydrogens (tertiary/aromatic N) is 6. The first-order valence-electron chi connectivity index (χ1n) is 5.36. The molecule has 0 spiro atoms. The van der Waals surface area contributed by atoms with Crippen LogP contribution in [0.5, 0.6) is 0 Å². The Morgan fingerprint density at radius 1 is 1.50 bits per heavy atom. The molecular weight excluding hydrogens is 232 g/mol. The van der Waals surface area contributed by atoms with Gasteiger partial charge in [0.2, 0.25) is 0 Å². The average molecular weight is 244 g/mol. The normalized spacial score (nSPS) is 11.3. The summed E-state index contributed by atoms with van der Waals surface area (Å²) in [6, 6.07) is 0. The van der Waals surface area contributed by atoms with Gasteiger partial charge in [0.15, 0.2) is 11.9 Å². The number of hydrogen-bond acceptors (Lipinski definition) is 4. The molecule has 0 atom stereocenters. The number of azide groups is 1. The molecule has 0 fully saturated rings. The summed E-state index contributed by atoms with van der Waals surface area (Å²) in [6.07, 6.45) is 3.84. The van der Waals surface area contributed by atoms with Crippen molar-refractivity contribution in [2.24, 2.45) is 5.11 Å². The summed E-state index contributed by atoms with van der Waals surface area (Å²) < 4.78 is 1.51. The van der Waals surface area contributed by atoms with Crippen LogP contribution in [0.25, 0.3) is 16.1 Å². The second kappa shape index (κ2) is 4.12. The molecule has 2 aromatic rings. The van der Waals surface area contributed by atoms with Crippen LogP contribution >= 0.6 is 0 Å². The van der Waals surface area contributed by atoms with E-state index in [-0.39, 0.29) is 11.2 Å². The van der Waals surface area contributed by atoms with Gasteiger partial charge in [-0.05, 0) is 16.1 Å². The Morgan fingerprint density at radius 3 is 2.78 bits per heavy atom. The van der Waals surface area contributed by atoms with Gasteiger partial charge in [0.25, 0.3) is 0 Å². The first kappa shape index (κ1) is 12.1. The van der Waals surface area contributed by atoms with Crippen LogP contribution in [0.2, 0.25) is 0 Å². The molecule has 0 aliphatic heterocycles. The van der Waals surface area contributed by atoms with Crippen LogP contribution in [0, 0.1) is 0 Å². The maximum atomic E-state index is 10.8. The number of fused-ring (bicyclic) bond motifs is 1. The molecule has 18 heavy (non-hydrogen) atoms. The van der Waals surface area contributed by atoms with Crippen LogP contribution in [-0.4, -0.2) is 20.9 Å². The van der Waals surface area contributed by atoms with Gasteiger partial charge in [0, 0.05) is 16.7 Å². The van der Waals surface area contributed by atoms with Crippen molar-refractivity contribution in [3.8, 4) is 0 Å². The van der Waals surface area contributed by atoms with Crippen molar-refractivity contribution in [1.82, 2.24) is 14.6 Å². The predicted octanol–water partition coefficient (Wildman–Crippen LogP) is 2.78. The molecule has 0 aromatic carbocycles. The van der Waals surface area contributed by atoms with Crippen LogP contribution in [-0.2, 0) is 5.41 Å². The molecule has 0 aliphatic carbocycles. The SMILES string of the molecule is CC(C)(C)c1cn2ncc(C=O)c2nc1N=[N+]=[N-]. The van der Waals surface area contributed by atoms with E-state index >= 15 is 0 Å². The Labute approximate surface area is 103 Å². The number of rotatable bonds is 2. The van der Waals surface area contributed by atoms with Crippen molar-refractivity contribution >= 4 is 17.8 Å². The van der Waals surface area contributed by atoms with E-state index in [2.05, 4.69) is 20.1 Å². The van der Waals surface area contributed by atoms with Crippen LogP contribution < -0.4 is 0 Å².